The molecule has 8 nitrogen and oxygen atoms in total. The molecule has 1 atom stereocenters. The average molecular weight is 535 g/mol. The third-order valence-corrected chi connectivity index (χ3v) is 11.3. The number of aldehydes is 1. The fourth-order valence-corrected chi connectivity index (χ4v) is 7.99. The minimum absolute atomic E-state index is 0.0288. The van der Waals surface area contributed by atoms with Gasteiger partial charge in [-0.2, -0.15) is 0 Å². The molecule has 33 heavy (non-hydrogen) atoms. The summed E-state index contributed by atoms with van der Waals surface area (Å²) in [6.45, 7) is 1.49. The molecule has 0 aliphatic carbocycles. The van der Waals surface area contributed by atoms with Gasteiger partial charge in [0, 0.05) is 18.6 Å². The molecule has 0 saturated heterocycles. The molecule has 0 unspecified atom stereocenters. The second-order valence-electron chi connectivity index (χ2n) is 7.91. The van der Waals surface area contributed by atoms with Crippen molar-refractivity contribution in [3.05, 3.63) is 46.8 Å². The first kappa shape index (κ1) is 27.4. The first-order valence-corrected chi connectivity index (χ1v) is 16.2. The van der Waals surface area contributed by atoms with Crippen LogP contribution in [0.4, 0.5) is 0 Å². The summed E-state index contributed by atoms with van der Waals surface area (Å²) in [5, 5.41) is 0. The number of Topliss-reactive ketones (excluding diaryl/α,β-unsaturated/α-hetero) is 1. The highest BCUT2D eigenvalue weighted by atomic mass is 32.2. The van der Waals surface area contributed by atoms with Crippen molar-refractivity contribution in [2.45, 2.75) is 41.0 Å². The number of ketones is 1. The van der Waals surface area contributed by atoms with E-state index in [1.165, 1.54) is 43.3 Å². The second-order valence-corrected chi connectivity index (χ2v) is 15.4. The average Bonchev–Trinajstić information content (AvgIpc) is 3.21. The van der Waals surface area contributed by atoms with Crippen LogP contribution in [0.25, 0.3) is 0 Å². The molecule has 0 aliphatic heterocycles. The Hall–Kier alpha value is -1.89. The van der Waals surface area contributed by atoms with Crippen molar-refractivity contribution >= 4 is 52.9 Å². The second kappa shape index (κ2) is 11.0. The fourth-order valence-electron chi connectivity index (χ4n) is 3.04. The molecule has 0 radical (unpaired) electrons. The summed E-state index contributed by atoms with van der Waals surface area (Å²) in [7, 11) is -10.6. The number of hydrogen-bond acceptors (Lipinski definition) is 9. The zero-order valence-electron chi connectivity index (χ0n) is 18.3. The lowest BCUT2D eigenvalue weighted by Crippen LogP contribution is -2.15. The van der Waals surface area contributed by atoms with Gasteiger partial charge in [-0.1, -0.05) is 19.1 Å². The van der Waals surface area contributed by atoms with Crippen LogP contribution < -0.4 is 0 Å². The Kier molecular flexibility index (Phi) is 9.14. The van der Waals surface area contributed by atoms with E-state index in [0.717, 1.165) is 17.6 Å². The van der Waals surface area contributed by atoms with E-state index in [-0.39, 0.29) is 45.0 Å². The SMILES string of the molecule is C[C@@H](C=O)CS(=O)(=O)c1cccc(CS(=O)(=O)CCCCC(=O)c2ccc(S(C)(=O)=O)s2)c1. The summed E-state index contributed by atoms with van der Waals surface area (Å²) in [6.07, 6.45) is 2.28. The number of carbonyl (C=O) groups is 2. The van der Waals surface area contributed by atoms with Crippen LogP contribution in [0.5, 0.6) is 0 Å². The van der Waals surface area contributed by atoms with Gasteiger partial charge in [0.25, 0.3) is 0 Å². The summed E-state index contributed by atoms with van der Waals surface area (Å²) in [5.41, 5.74) is 0.331. The van der Waals surface area contributed by atoms with Crippen LogP contribution in [-0.4, -0.2) is 55.1 Å². The van der Waals surface area contributed by atoms with Gasteiger partial charge in [-0.15, -0.1) is 11.3 Å². The van der Waals surface area contributed by atoms with Gasteiger partial charge in [0.15, 0.2) is 35.3 Å². The Labute approximate surface area is 198 Å². The Bertz CT molecular complexity index is 1320. The lowest BCUT2D eigenvalue weighted by molar-refractivity contribution is -0.110. The molecule has 0 amide bonds. The van der Waals surface area contributed by atoms with Crippen molar-refractivity contribution in [1.29, 1.82) is 0 Å². The van der Waals surface area contributed by atoms with E-state index in [1.807, 2.05) is 0 Å². The largest absolute Gasteiger partial charge is 0.303 e. The van der Waals surface area contributed by atoms with Crippen molar-refractivity contribution in [1.82, 2.24) is 0 Å². The lowest BCUT2D eigenvalue weighted by atomic mass is 10.1. The van der Waals surface area contributed by atoms with Crippen LogP contribution >= 0.6 is 11.3 Å². The predicted octanol–water partition coefficient (Wildman–Crippen LogP) is 2.73. The molecule has 0 saturated carbocycles. The van der Waals surface area contributed by atoms with Gasteiger partial charge in [0.2, 0.25) is 0 Å². The van der Waals surface area contributed by atoms with Gasteiger partial charge in [-0.05, 0) is 42.7 Å². The van der Waals surface area contributed by atoms with Gasteiger partial charge in [0.05, 0.1) is 27.0 Å². The van der Waals surface area contributed by atoms with Crippen molar-refractivity contribution in [3.8, 4) is 0 Å². The first-order chi connectivity index (χ1) is 15.2. The van der Waals surface area contributed by atoms with Crippen LogP contribution in [0.1, 0.15) is 41.4 Å². The summed E-state index contributed by atoms with van der Waals surface area (Å²) >= 11 is 0.897. The third-order valence-electron chi connectivity index (χ3n) is 4.69. The normalized spacial score (nSPS) is 13.5. The van der Waals surface area contributed by atoms with Gasteiger partial charge in [0.1, 0.15) is 10.5 Å². The van der Waals surface area contributed by atoms with Crippen LogP contribution in [0.3, 0.4) is 0 Å². The summed E-state index contributed by atoms with van der Waals surface area (Å²) in [5.74, 6) is -1.77. The van der Waals surface area contributed by atoms with Crippen LogP contribution in [0, 0.1) is 5.92 Å². The smallest absolute Gasteiger partial charge is 0.184 e. The van der Waals surface area contributed by atoms with E-state index in [1.54, 1.807) is 0 Å². The van der Waals surface area contributed by atoms with E-state index in [0.29, 0.717) is 23.1 Å². The van der Waals surface area contributed by atoms with Gasteiger partial charge >= 0.3 is 0 Å². The molecule has 2 aromatic rings. The fraction of sp³-hybridized carbons (Fsp3) is 0.429. The molecule has 1 aromatic heterocycles. The zero-order chi connectivity index (χ0) is 24.9. The monoisotopic (exact) mass is 534 g/mol. The standard InChI is InChI=1S/C21H26O8S4/c1-16(13-22)14-33(28,29)18-7-5-6-17(12-18)15-32(26,27)11-4-3-8-19(23)20-9-10-21(30-20)31(2,24)25/h5-7,9-10,12-13,16H,3-4,8,11,14-15H2,1-2H3/t16-/m0/s1. The Balaban J connectivity index is 1.92. The van der Waals surface area contributed by atoms with Crippen LogP contribution in [0.15, 0.2) is 45.5 Å². The van der Waals surface area contributed by atoms with E-state index in [2.05, 4.69) is 0 Å². The van der Waals surface area contributed by atoms with Crippen molar-refractivity contribution in [2.75, 3.05) is 17.8 Å². The molecule has 0 N–H and O–H groups in total. The van der Waals surface area contributed by atoms with Crippen molar-refractivity contribution in [2.24, 2.45) is 5.92 Å². The van der Waals surface area contributed by atoms with E-state index < -0.39 is 35.4 Å². The van der Waals surface area contributed by atoms with Gasteiger partial charge in [-0.25, -0.2) is 25.3 Å². The molecule has 0 spiro atoms. The minimum Gasteiger partial charge on any atom is -0.303 e. The lowest BCUT2D eigenvalue weighted by Gasteiger charge is -2.09. The number of thiophene rings is 1. The Morgan fingerprint density at radius 1 is 1.03 bits per heavy atom. The number of carbonyl (C=O) groups excluding carboxylic acids is 2. The highest BCUT2D eigenvalue weighted by Crippen LogP contribution is 2.23. The molecule has 0 bridgehead atoms. The quantitative estimate of drug-likeness (QED) is 0.217. The molecule has 12 heteroatoms. The van der Waals surface area contributed by atoms with Crippen LogP contribution in [0.2, 0.25) is 0 Å². The first-order valence-electron chi connectivity index (χ1n) is 10.0. The number of sulfone groups is 3. The maximum atomic E-state index is 12.5. The number of rotatable bonds is 13. The number of hydrogen-bond donors (Lipinski definition) is 0. The third kappa shape index (κ3) is 8.43. The molecule has 0 fully saturated rings. The topological polar surface area (TPSA) is 137 Å². The van der Waals surface area contributed by atoms with Gasteiger partial charge in [-0.3, -0.25) is 4.79 Å². The highest BCUT2D eigenvalue weighted by molar-refractivity contribution is 7.92. The maximum absolute atomic E-state index is 12.5. The molecule has 1 aromatic carbocycles. The van der Waals surface area contributed by atoms with Crippen LogP contribution in [-0.2, 0) is 40.1 Å². The van der Waals surface area contributed by atoms with Gasteiger partial charge < -0.3 is 4.79 Å². The number of unbranched alkanes of at least 4 members (excludes halogenated alkanes) is 1. The van der Waals surface area contributed by atoms with Crippen molar-refractivity contribution < 1.29 is 34.8 Å². The molecule has 2 rings (SSSR count). The highest BCUT2D eigenvalue weighted by Gasteiger charge is 2.20. The zero-order valence-corrected chi connectivity index (χ0v) is 21.5. The molecule has 0 aliphatic rings. The summed E-state index contributed by atoms with van der Waals surface area (Å²) in [4.78, 5) is 23.3. The minimum atomic E-state index is -3.71. The Morgan fingerprint density at radius 3 is 2.33 bits per heavy atom. The van der Waals surface area contributed by atoms with E-state index in [9.17, 15) is 34.8 Å². The Morgan fingerprint density at radius 2 is 1.73 bits per heavy atom. The van der Waals surface area contributed by atoms with E-state index >= 15 is 0 Å². The van der Waals surface area contributed by atoms with Crippen molar-refractivity contribution in [3.63, 3.8) is 0 Å². The number of benzene rings is 1. The molecular weight excluding hydrogens is 508 g/mol. The van der Waals surface area contributed by atoms with E-state index in [4.69, 9.17) is 0 Å². The molecular formula is C21H26O8S4. The summed E-state index contributed by atoms with van der Waals surface area (Å²) in [6, 6.07) is 8.51. The predicted molar refractivity (Wildman–Crippen MR) is 127 cm³/mol. The summed E-state index contributed by atoms with van der Waals surface area (Å²) < 4.78 is 72.9. The molecule has 1 heterocycles. The molecule has 182 valence electrons. The maximum Gasteiger partial charge on any atom is 0.184 e.